The average Bonchev–Trinajstić information content (AvgIpc) is 2.70. The number of halogens is 3. The molecule has 1 atom stereocenters. The van der Waals surface area contributed by atoms with E-state index in [2.05, 4.69) is 9.98 Å². The molecule has 1 heterocycles. The van der Waals surface area contributed by atoms with E-state index < -0.39 is 24.7 Å². The molecular weight excluding hydrogens is 411 g/mol. The number of carboxylic acid groups (broad SMARTS) is 1. The molecule has 1 rings (SSSR count). The van der Waals surface area contributed by atoms with Gasteiger partial charge in [-0.25, -0.2) is 9.78 Å². The van der Waals surface area contributed by atoms with Crippen LogP contribution in [0.1, 0.15) is 48.8 Å². The third-order valence-electron chi connectivity index (χ3n) is 4.49. The summed E-state index contributed by atoms with van der Waals surface area (Å²) >= 11 is 0. The summed E-state index contributed by atoms with van der Waals surface area (Å²) in [4.78, 5) is 20.9. The number of aromatic carboxylic acids is 1. The molecule has 0 amide bonds. The number of carbonyl (C=O) groups is 1. The van der Waals surface area contributed by atoms with Crippen molar-refractivity contribution in [1.82, 2.24) is 9.88 Å². The van der Waals surface area contributed by atoms with Gasteiger partial charge in [0, 0.05) is 30.6 Å². The Kier molecular flexibility index (Phi) is 10.1. The fourth-order valence-corrected chi connectivity index (χ4v) is 2.72. The van der Waals surface area contributed by atoms with Gasteiger partial charge in [-0.2, -0.15) is 13.2 Å². The maximum Gasteiger partial charge on any atom is 0.407 e. The van der Waals surface area contributed by atoms with Crippen LogP contribution in [0.5, 0.6) is 0 Å². The Labute approximate surface area is 180 Å². The first kappa shape index (κ1) is 26.1. The number of rotatable bonds is 10. The van der Waals surface area contributed by atoms with Gasteiger partial charge in [-0.1, -0.05) is 19.1 Å². The van der Waals surface area contributed by atoms with E-state index in [0.717, 1.165) is 18.9 Å². The molecule has 31 heavy (non-hydrogen) atoms. The summed E-state index contributed by atoms with van der Waals surface area (Å²) in [7, 11) is 1.72. The Morgan fingerprint density at radius 2 is 2.06 bits per heavy atom. The summed E-state index contributed by atoms with van der Waals surface area (Å²) in [5.41, 5.74) is 1.99. The number of likely N-dealkylation sites (N-methyl/N-ethyl adjacent to an activating group) is 1. The van der Waals surface area contributed by atoms with E-state index in [4.69, 9.17) is 0 Å². The number of aliphatic hydroxyl groups is 1. The van der Waals surface area contributed by atoms with Crippen LogP contribution in [0.15, 0.2) is 46.8 Å². The number of aromatic nitrogens is 1. The summed E-state index contributed by atoms with van der Waals surface area (Å²) in [6, 6.07) is 1.28. The van der Waals surface area contributed by atoms with Crippen molar-refractivity contribution in [1.29, 1.82) is 0 Å². The molecule has 1 aromatic heterocycles. The highest BCUT2D eigenvalue weighted by Gasteiger charge is 2.26. The zero-order chi connectivity index (χ0) is 23.6. The fourth-order valence-electron chi connectivity index (χ4n) is 2.72. The lowest BCUT2D eigenvalue weighted by molar-refractivity contribution is -0.118. The molecule has 0 aromatic carbocycles. The molecule has 0 radical (unpaired) electrons. The van der Waals surface area contributed by atoms with Crippen molar-refractivity contribution in [2.24, 2.45) is 4.99 Å². The summed E-state index contributed by atoms with van der Waals surface area (Å²) < 4.78 is 37.5. The van der Waals surface area contributed by atoms with Gasteiger partial charge in [0.05, 0.1) is 6.26 Å². The number of carboxylic acids is 1. The molecule has 2 N–H and O–H groups in total. The van der Waals surface area contributed by atoms with E-state index in [1.54, 1.807) is 31.9 Å². The lowest BCUT2D eigenvalue weighted by Crippen LogP contribution is -2.32. The normalized spacial score (nSPS) is 14.7. The van der Waals surface area contributed by atoms with E-state index in [0.29, 0.717) is 22.3 Å². The minimum Gasteiger partial charge on any atom is -0.515 e. The molecule has 1 unspecified atom stereocenters. The van der Waals surface area contributed by atoms with Crippen molar-refractivity contribution in [2.45, 2.75) is 46.0 Å². The summed E-state index contributed by atoms with van der Waals surface area (Å²) in [5, 5.41) is 18.7. The highest BCUT2D eigenvalue weighted by atomic mass is 19.4. The minimum atomic E-state index is -4.43. The number of aliphatic hydroxyl groups excluding tert-OH is 1. The zero-order valence-corrected chi connectivity index (χ0v) is 18.0. The number of hydrogen-bond donors (Lipinski definition) is 2. The second kappa shape index (κ2) is 12.0. The van der Waals surface area contributed by atoms with Gasteiger partial charge in [0.2, 0.25) is 0 Å². The van der Waals surface area contributed by atoms with Crippen LogP contribution in [-0.4, -0.2) is 58.1 Å². The van der Waals surface area contributed by atoms with Gasteiger partial charge in [0.15, 0.2) is 5.69 Å². The Hall–Kier alpha value is -2.94. The van der Waals surface area contributed by atoms with Crippen molar-refractivity contribution in [3.8, 4) is 0 Å². The summed E-state index contributed by atoms with van der Waals surface area (Å²) in [6.45, 7) is 4.18. The van der Waals surface area contributed by atoms with Crippen molar-refractivity contribution in [3.05, 3.63) is 58.6 Å². The molecule has 0 saturated heterocycles. The number of allylic oxidation sites excluding steroid dienone is 3. The Balaban J connectivity index is 3.28. The number of pyridine rings is 1. The van der Waals surface area contributed by atoms with Crippen LogP contribution in [0.2, 0.25) is 0 Å². The predicted octanol–water partition coefficient (Wildman–Crippen LogP) is 5.04. The van der Waals surface area contributed by atoms with Crippen molar-refractivity contribution in [3.63, 3.8) is 0 Å². The third kappa shape index (κ3) is 8.75. The van der Waals surface area contributed by atoms with E-state index in [-0.39, 0.29) is 12.2 Å². The van der Waals surface area contributed by atoms with Gasteiger partial charge in [0.1, 0.15) is 6.54 Å². The Bertz CT molecular complexity index is 874. The first-order valence-electron chi connectivity index (χ1n) is 9.67. The largest absolute Gasteiger partial charge is 0.515 e. The van der Waals surface area contributed by atoms with Gasteiger partial charge in [0.25, 0.3) is 0 Å². The third-order valence-corrected chi connectivity index (χ3v) is 4.49. The van der Waals surface area contributed by atoms with E-state index in [1.165, 1.54) is 12.3 Å². The zero-order valence-electron chi connectivity index (χ0n) is 18.0. The van der Waals surface area contributed by atoms with Crippen LogP contribution >= 0.6 is 0 Å². The molecular formula is C22H28F3N3O3. The molecule has 6 nitrogen and oxygen atoms in total. The number of nitrogens with zero attached hydrogens (tertiary/aromatic N) is 3. The van der Waals surface area contributed by atoms with Crippen molar-refractivity contribution < 1.29 is 28.2 Å². The van der Waals surface area contributed by atoms with E-state index >= 15 is 0 Å². The van der Waals surface area contributed by atoms with Crippen LogP contribution in [0, 0.1) is 0 Å². The predicted molar refractivity (Wildman–Crippen MR) is 115 cm³/mol. The fraction of sp³-hybridized carbons (Fsp3) is 0.409. The minimum absolute atomic E-state index is 0.0833. The van der Waals surface area contributed by atoms with Gasteiger partial charge in [-0.3, -0.25) is 9.89 Å². The standard InChI is InChI=1S/C22H28F3N3O3/c1-5-6-7-17-8-9-27-20(21(30)31)19(17)12-28(4)16(3)18(10-15(2)13-29)11-26-14-22(23,24)25/h6-11,13,16,29H,5,12,14H2,1-4H3,(H,30,31)/b7-6+,15-13+,18-10+,26-11-. The van der Waals surface area contributed by atoms with E-state index in [9.17, 15) is 28.2 Å². The monoisotopic (exact) mass is 439 g/mol. The van der Waals surface area contributed by atoms with Crippen LogP contribution in [0.25, 0.3) is 6.08 Å². The molecule has 0 aliphatic heterocycles. The molecule has 0 spiro atoms. The SMILES string of the molecule is CC/C=C/c1ccnc(C(=O)O)c1CN(C)C(C)C(/C=N\CC(F)(F)F)=C/C(C)=C/O. The molecule has 0 saturated carbocycles. The van der Waals surface area contributed by atoms with Crippen LogP contribution in [0.4, 0.5) is 13.2 Å². The summed E-state index contributed by atoms with van der Waals surface area (Å²) in [6.07, 6.45) is 5.00. The molecule has 9 heteroatoms. The molecule has 1 aromatic rings. The topological polar surface area (TPSA) is 86.0 Å². The van der Waals surface area contributed by atoms with Gasteiger partial charge in [-0.15, -0.1) is 0 Å². The van der Waals surface area contributed by atoms with Gasteiger partial charge >= 0.3 is 12.1 Å². The maximum absolute atomic E-state index is 12.5. The molecule has 170 valence electrons. The van der Waals surface area contributed by atoms with Crippen LogP contribution < -0.4 is 0 Å². The number of aliphatic imine (C=N–C) groups is 1. The lowest BCUT2D eigenvalue weighted by Gasteiger charge is -2.27. The second-order valence-corrected chi connectivity index (χ2v) is 7.04. The smallest absolute Gasteiger partial charge is 0.407 e. The Morgan fingerprint density at radius 1 is 1.39 bits per heavy atom. The average molecular weight is 439 g/mol. The number of alkyl halides is 3. The first-order chi connectivity index (χ1) is 14.5. The van der Waals surface area contributed by atoms with Crippen molar-refractivity contribution >= 4 is 18.3 Å². The quantitative estimate of drug-likeness (QED) is 0.303. The lowest BCUT2D eigenvalue weighted by atomic mass is 10.0. The van der Waals surface area contributed by atoms with E-state index in [1.807, 2.05) is 19.1 Å². The number of hydrogen-bond acceptors (Lipinski definition) is 5. The highest BCUT2D eigenvalue weighted by molar-refractivity contribution is 5.88. The van der Waals surface area contributed by atoms with Crippen LogP contribution in [-0.2, 0) is 6.54 Å². The van der Waals surface area contributed by atoms with Crippen LogP contribution in [0.3, 0.4) is 0 Å². The molecule has 0 aliphatic rings. The summed E-state index contributed by atoms with van der Waals surface area (Å²) in [5.74, 6) is -1.16. The van der Waals surface area contributed by atoms with Gasteiger partial charge < -0.3 is 10.2 Å². The highest BCUT2D eigenvalue weighted by Crippen LogP contribution is 2.21. The molecule has 0 bridgehead atoms. The van der Waals surface area contributed by atoms with Crippen molar-refractivity contribution in [2.75, 3.05) is 13.6 Å². The first-order valence-corrected chi connectivity index (χ1v) is 9.67. The molecule has 0 aliphatic carbocycles. The maximum atomic E-state index is 12.5. The van der Waals surface area contributed by atoms with Gasteiger partial charge in [-0.05, 0) is 56.2 Å². The Morgan fingerprint density at radius 3 is 2.61 bits per heavy atom. The second-order valence-electron chi connectivity index (χ2n) is 7.04. The molecule has 0 fully saturated rings.